The Hall–Kier alpha value is -1.63. The van der Waals surface area contributed by atoms with Crippen molar-refractivity contribution in [1.82, 2.24) is 9.88 Å². The van der Waals surface area contributed by atoms with Crippen LogP contribution in [0.15, 0.2) is 18.3 Å². The molecule has 164 valence electrons. The third-order valence-corrected chi connectivity index (χ3v) is 6.01. The van der Waals surface area contributed by atoms with E-state index in [9.17, 15) is 18.0 Å². The number of ether oxygens (including phenoxy) is 1. The number of Topliss-reactive ketones (excluding diaryl/α,β-unsaturated/α-hetero) is 1. The van der Waals surface area contributed by atoms with Gasteiger partial charge in [-0.2, -0.15) is 13.2 Å². The number of rotatable bonds is 8. The van der Waals surface area contributed by atoms with Gasteiger partial charge in [0.2, 0.25) is 5.88 Å². The highest BCUT2D eigenvalue weighted by atomic mass is 19.4. The summed E-state index contributed by atoms with van der Waals surface area (Å²) >= 11 is 0. The molecule has 29 heavy (non-hydrogen) atoms. The number of hydrogen-bond donors (Lipinski definition) is 0. The summed E-state index contributed by atoms with van der Waals surface area (Å²) in [6.07, 6.45) is -0.978. The fourth-order valence-electron chi connectivity index (χ4n) is 4.02. The molecule has 0 spiro atoms. The van der Waals surface area contributed by atoms with Gasteiger partial charge in [-0.1, -0.05) is 13.8 Å². The number of nitrogens with zero attached hydrogens (tertiary/aromatic N) is 2. The van der Waals surface area contributed by atoms with Gasteiger partial charge in [-0.3, -0.25) is 4.79 Å². The van der Waals surface area contributed by atoms with Crippen LogP contribution in [0, 0.1) is 23.2 Å². The molecular weight excluding hydrogens is 381 g/mol. The lowest BCUT2D eigenvalue weighted by Gasteiger charge is -2.39. The second-order valence-corrected chi connectivity index (χ2v) is 9.21. The highest BCUT2D eigenvalue weighted by molar-refractivity contribution is 5.84. The number of carbonyl (C=O) groups is 1. The van der Waals surface area contributed by atoms with Crippen molar-refractivity contribution >= 4 is 5.78 Å². The van der Waals surface area contributed by atoms with Crippen molar-refractivity contribution in [3.8, 4) is 5.88 Å². The van der Waals surface area contributed by atoms with Crippen LogP contribution in [-0.2, 0) is 11.0 Å². The summed E-state index contributed by atoms with van der Waals surface area (Å²) in [6, 6.07) is 2.15. The van der Waals surface area contributed by atoms with Crippen LogP contribution in [0.4, 0.5) is 13.2 Å². The van der Waals surface area contributed by atoms with Crippen LogP contribution in [0.1, 0.15) is 52.5 Å². The average Bonchev–Trinajstić information content (AvgIpc) is 2.64. The van der Waals surface area contributed by atoms with Gasteiger partial charge in [0, 0.05) is 19.2 Å². The summed E-state index contributed by atoms with van der Waals surface area (Å²) in [5.74, 6) is 1.15. The highest BCUT2D eigenvalue weighted by Crippen LogP contribution is 2.36. The fourth-order valence-corrected chi connectivity index (χ4v) is 4.02. The van der Waals surface area contributed by atoms with E-state index in [0.29, 0.717) is 24.2 Å². The third-order valence-electron chi connectivity index (χ3n) is 6.01. The SMILES string of the molecule is CC(C)[C@H]1CN(C)CC[C@H]1CCC(=O)C(C)(C)COc1ncccc1C(F)(F)F. The van der Waals surface area contributed by atoms with E-state index in [1.165, 1.54) is 12.3 Å². The molecule has 0 saturated carbocycles. The molecule has 7 heteroatoms. The number of aromatic nitrogens is 1. The second-order valence-electron chi connectivity index (χ2n) is 9.21. The number of piperidine rings is 1. The lowest BCUT2D eigenvalue weighted by atomic mass is 9.75. The summed E-state index contributed by atoms with van der Waals surface area (Å²) < 4.78 is 44.6. The Morgan fingerprint density at radius 2 is 2.03 bits per heavy atom. The van der Waals surface area contributed by atoms with Gasteiger partial charge in [0.1, 0.15) is 18.0 Å². The van der Waals surface area contributed by atoms with Crippen LogP contribution < -0.4 is 4.74 Å². The minimum Gasteiger partial charge on any atom is -0.476 e. The van der Waals surface area contributed by atoms with Crippen LogP contribution in [0.25, 0.3) is 0 Å². The van der Waals surface area contributed by atoms with Crippen molar-refractivity contribution < 1.29 is 22.7 Å². The minimum absolute atomic E-state index is 0.0171. The van der Waals surface area contributed by atoms with E-state index in [1.54, 1.807) is 13.8 Å². The highest BCUT2D eigenvalue weighted by Gasteiger charge is 2.37. The van der Waals surface area contributed by atoms with E-state index in [4.69, 9.17) is 4.74 Å². The monoisotopic (exact) mass is 414 g/mol. The maximum absolute atomic E-state index is 13.1. The largest absolute Gasteiger partial charge is 0.476 e. The molecule has 0 bridgehead atoms. The lowest BCUT2D eigenvalue weighted by molar-refractivity contribution is -0.139. The summed E-state index contributed by atoms with van der Waals surface area (Å²) in [5, 5.41) is 0. The Balaban J connectivity index is 1.95. The predicted molar refractivity (Wildman–Crippen MR) is 107 cm³/mol. The van der Waals surface area contributed by atoms with Gasteiger partial charge in [0.05, 0.1) is 5.41 Å². The van der Waals surface area contributed by atoms with Gasteiger partial charge in [0.25, 0.3) is 0 Å². The fraction of sp³-hybridized carbons (Fsp3) is 0.727. The number of alkyl halides is 3. The van der Waals surface area contributed by atoms with E-state index in [-0.39, 0.29) is 12.4 Å². The lowest BCUT2D eigenvalue weighted by Crippen LogP contribution is -2.41. The Morgan fingerprint density at radius 1 is 1.34 bits per heavy atom. The van der Waals surface area contributed by atoms with E-state index >= 15 is 0 Å². The summed E-state index contributed by atoms with van der Waals surface area (Å²) in [5.41, 5.74) is -1.80. The maximum Gasteiger partial charge on any atom is 0.421 e. The van der Waals surface area contributed by atoms with Crippen LogP contribution in [0.2, 0.25) is 0 Å². The van der Waals surface area contributed by atoms with E-state index < -0.39 is 23.0 Å². The Labute approximate surface area is 171 Å². The molecular formula is C22H33F3N2O2. The molecule has 0 aromatic carbocycles. The van der Waals surface area contributed by atoms with E-state index in [0.717, 1.165) is 32.0 Å². The molecule has 1 aromatic heterocycles. The number of likely N-dealkylation sites (tertiary alicyclic amines) is 1. The van der Waals surface area contributed by atoms with Gasteiger partial charge < -0.3 is 9.64 Å². The molecule has 2 heterocycles. The molecule has 2 atom stereocenters. The Kier molecular flexibility index (Phi) is 7.71. The average molecular weight is 415 g/mol. The molecule has 2 rings (SSSR count). The van der Waals surface area contributed by atoms with Crippen molar-refractivity contribution in [1.29, 1.82) is 0 Å². The zero-order chi connectivity index (χ0) is 21.8. The molecule has 0 unspecified atom stereocenters. The van der Waals surface area contributed by atoms with E-state index in [1.807, 2.05) is 0 Å². The molecule has 1 saturated heterocycles. The first kappa shape index (κ1) is 23.6. The number of ketones is 1. The van der Waals surface area contributed by atoms with E-state index in [2.05, 4.69) is 30.8 Å². The number of carbonyl (C=O) groups excluding carboxylic acids is 1. The summed E-state index contributed by atoms with van der Waals surface area (Å²) in [7, 11) is 2.13. The van der Waals surface area contributed by atoms with Crippen molar-refractivity contribution in [2.45, 2.75) is 53.1 Å². The van der Waals surface area contributed by atoms with Crippen LogP contribution >= 0.6 is 0 Å². The Bertz CT molecular complexity index is 689. The van der Waals surface area contributed by atoms with Crippen molar-refractivity contribution in [2.24, 2.45) is 23.2 Å². The van der Waals surface area contributed by atoms with Gasteiger partial charge in [0.15, 0.2) is 0 Å². The molecule has 0 N–H and O–H groups in total. The first-order valence-electron chi connectivity index (χ1n) is 10.3. The predicted octanol–water partition coefficient (Wildman–Crippen LogP) is 5.08. The molecule has 1 aliphatic heterocycles. The zero-order valence-electron chi connectivity index (χ0n) is 18.1. The van der Waals surface area contributed by atoms with Crippen molar-refractivity contribution in [3.63, 3.8) is 0 Å². The molecule has 0 aliphatic carbocycles. The molecule has 0 amide bonds. The standard InChI is InChI=1S/C22H33F3N2O2/c1-15(2)17-13-27(5)12-10-16(17)8-9-19(28)21(3,4)14-29-20-18(22(23,24)25)7-6-11-26-20/h6-7,11,15-17H,8-10,12-14H2,1-5H3/t16-,17-/m1/s1. The molecule has 1 aromatic rings. The zero-order valence-corrected chi connectivity index (χ0v) is 18.1. The Morgan fingerprint density at radius 3 is 2.66 bits per heavy atom. The minimum atomic E-state index is -4.54. The van der Waals surface area contributed by atoms with Crippen molar-refractivity contribution in [2.75, 3.05) is 26.7 Å². The second kappa shape index (κ2) is 9.45. The first-order chi connectivity index (χ1) is 13.4. The number of hydrogen-bond acceptors (Lipinski definition) is 4. The number of pyridine rings is 1. The van der Waals surface area contributed by atoms with Crippen molar-refractivity contribution in [3.05, 3.63) is 23.9 Å². The topological polar surface area (TPSA) is 42.4 Å². The van der Waals surface area contributed by atoms with Gasteiger partial charge in [-0.15, -0.1) is 0 Å². The summed E-state index contributed by atoms with van der Waals surface area (Å²) in [6.45, 7) is 9.84. The maximum atomic E-state index is 13.1. The van der Waals surface area contributed by atoms with Gasteiger partial charge in [-0.05, 0) is 70.2 Å². The quantitative estimate of drug-likeness (QED) is 0.595. The first-order valence-corrected chi connectivity index (χ1v) is 10.3. The molecule has 0 radical (unpaired) electrons. The smallest absolute Gasteiger partial charge is 0.421 e. The van der Waals surface area contributed by atoms with Crippen LogP contribution in [-0.4, -0.2) is 42.4 Å². The van der Waals surface area contributed by atoms with Crippen LogP contribution in [0.3, 0.4) is 0 Å². The van der Waals surface area contributed by atoms with Crippen LogP contribution in [0.5, 0.6) is 5.88 Å². The molecule has 1 fully saturated rings. The molecule has 4 nitrogen and oxygen atoms in total. The summed E-state index contributed by atoms with van der Waals surface area (Å²) in [4.78, 5) is 18.9. The van der Waals surface area contributed by atoms with Gasteiger partial charge >= 0.3 is 6.18 Å². The third kappa shape index (κ3) is 6.43. The van der Waals surface area contributed by atoms with Gasteiger partial charge in [-0.25, -0.2) is 4.98 Å². The molecule has 1 aliphatic rings. The normalized spacial score (nSPS) is 21.4. The number of halogens is 3.